The molecule has 0 saturated carbocycles. The molecule has 0 saturated heterocycles. The van der Waals surface area contributed by atoms with E-state index >= 15 is 0 Å². The average molecular weight is 271 g/mol. The summed E-state index contributed by atoms with van der Waals surface area (Å²) in [6, 6.07) is 1.85. The highest BCUT2D eigenvalue weighted by Gasteiger charge is 2.36. The standard InChI is InChI=1S/C12H17NO4S/c1-8(9-4-5-18-6-9)10(14)13-12(2,7-17-3)11(15)16/h4-6,8H,7H2,1-3H3,(H,13,14)(H,15,16). The molecule has 0 radical (unpaired) electrons. The van der Waals surface area contributed by atoms with E-state index < -0.39 is 11.5 Å². The Kier molecular flexibility index (Phi) is 4.86. The van der Waals surface area contributed by atoms with Gasteiger partial charge in [0, 0.05) is 7.11 Å². The Morgan fingerprint density at radius 2 is 2.28 bits per heavy atom. The Balaban J connectivity index is 2.76. The Bertz CT molecular complexity index is 418. The second-order valence-electron chi connectivity index (χ2n) is 4.34. The van der Waals surface area contributed by atoms with Gasteiger partial charge in [0.25, 0.3) is 0 Å². The zero-order valence-electron chi connectivity index (χ0n) is 10.6. The summed E-state index contributed by atoms with van der Waals surface area (Å²) in [6.07, 6.45) is 0. The molecule has 0 bridgehead atoms. The van der Waals surface area contributed by atoms with E-state index in [0.717, 1.165) is 5.56 Å². The summed E-state index contributed by atoms with van der Waals surface area (Å²) in [7, 11) is 1.40. The predicted octanol–water partition coefficient (Wildman–Crippen LogP) is 1.46. The minimum atomic E-state index is -1.41. The molecular formula is C12H17NO4S. The molecular weight excluding hydrogens is 254 g/mol. The first-order valence-corrected chi connectivity index (χ1v) is 6.41. The van der Waals surface area contributed by atoms with Gasteiger partial charge in [0.2, 0.25) is 5.91 Å². The number of aliphatic carboxylic acids is 1. The van der Waals surface area contributed by atoms with Crippen LogP contribution in [0.2, 0.25) is 0 Å². The van der Waals surface area contributed by atoms with Crippen LogP contribution in [0.4, 0.5) is 0 Å². The molecule has 0 fully saturated rings. The van der Waals surface area contributed by atoms with Crippen LogP contribution in [0.5, 0.6) is 0 Å². The third kappa shape index (κ3) is 3.30. The number of thiophene rings is 1. The van der Waals surface area contributed by atoms with Crippen molar-refractivity contribution in [1.82, 2.24) is 5.32 Å². The van der Waals surface area contributed by atoms with E-state index in [0.29, 0.717) is 0 Å². The van der Waals surface area contributed by atoms with Crippen molar-refractivity contribution in [2.45, 2.75) is 25.3 Å². The smallest absolute Gasteiger partial charge is 0.331 e. The fourth-order valence-electron chi connectivity index (χ4n) is 1.49. The largest absolute Gasteiger partial charge is 0.479 e. The van der Waals surface area contributed by atoms with Crippen LogP contribution in [-0.4, -0.2) is 36.2 Å². The van der Waals surface area contributed by atoms with Gasteiger partial charge in [-0.25, -0.2) is 4.79 Å². The Morgan fingerprint density at radius 1 is 1.61 bits per heavy atom. The van der Waals surface area contributed by atoms with E-state index in [4.69, 9.17) is 9.84 Å². The fraction of sp³-hybridized carbons (Fsp3) is 0.500. The van der Waals surface area contributed by atoms with Crippen LogP contribution in [0, 0.1) is 0 Å². The Hall–Kier alpha value is -1.40. The van der Waals surface area contributed by atoms with Gasteiger partial charge in [0.1, 0.15) is 0 Å². The number of carboxylic acid groups (broad SMARTS) is 1. The lowest BCUT2D eigenvalue weighted by atomic mass is 9.99. The molecule has 0 spiro atoms. The Morgan fingerprint density at radius 3 is 2.72 bits per heavy atom. The summed E-state index contributed by atoms with van der Waals surface area (Å²) in [5.41, 5.74) is -0.529. The third-order valence-corrected chi connectivity index (χ3v) is 3.44. The molecule has 1 aromatic rings. The van der Waals surface area contributed by atoms with Gasteiger partial charge in [-0.2, -0.15) is 11.3 Å². The van der Waals surface area contributed by atoms with Crippen molar-refractivity contribution in [2.75, 3.05) is 13.7 Å². The molecule has 5 nitrogen and oxygen atoms in total. The number of carbonyl (C=O) groups is 2. The van der Waals surface area contributed by atoms with Crippen molar-refractivity contribution in [3.05, 3.63) is 22.4 Å². The number of carboxylic acids is 1. The lowest BCUT2D eigenvalue weighted by molar-refractivity contribution is -0.149. The van der Waals surface area contributed by atoms with E-state index in [2.05, 4.69) is 5.32 Å². The molecule has 1 heterocycles. The van der Waals surface area contributed by atoms with E-state index in [1.165, 1.54) is 25.4 Å². The van der Waals surface area contributed by atoms with Crippen LogP contribution in [-0.2, 0) is 14.3 Å². The summed E-state index contributed by atoms with van der Waals surface area (Å²) in [5.74, 6) is -1.82. The van der Waals surface area contributed by atoms with Crippen LogP contribution in [0.25, 0.3) is 0 Å². The zero-order valence-corrected chi connectivity index (χ0v) is 11.4. The SMILES string of the molecule is COCC(C)(NC(=O)C(C)c1ccsc1)C(=O)O. The first-order chi connectivity index (χ1) is 8.40. The fourth-order valence-corrected chi connectivity index (χ4v) is 2.25. The second-order valence-corrected chi connectivity index (χ2v) is 5.12. The molecule has 6 heteroatoms. The number of rotatable bonds is 6. The minimum absolute atomic E-state index is 0.0789. The maximum absolute atomic E-state index is 12.0. The van der Waals surface area contributed by atoms with Crippen molar-refractivity contribution in [3.8, 4) is 0 Å². The van der Waals surface area contributed by atoms with Gasteiger partial charge in [-0.1, -0.05) is 0 Å². The number of ether oxygens (including phenoxy) is 1. The number of nitrogens with one attached hydrogen (secondary N) is 1. The van der Waals surface area contributed by atoms with Crippen molar-refractivity contribution in [1.29, 1.82) is 0 Å². The topological polar surface area (TPSA) is 75.6 Å². The predicted molar refractivity (Wildman–Crippen MR) is 68.8 cm³/mol. The van der Waals surface area contributed by atoms with E-state index in [9.17, 15) is 9.59 Å². The van der Waals surface area contributed by atoms with Gasteiger partial charge in [-0.15, -0.1) is 0 Å². The number of hydrogen-bond acceptors (Lipinski definition) is 4. The highest BCUT2D eigenvalue weighted by Crippen LogP contribution is 2.19. The van der Waals surface area contributed by atoms with Gasteiger partial charge < -0.3 is 15.2 Å². The molecule has 1 aromatic heterocycles. The van der Waals surface area contributed by atoms with Gasteiger partial charge in [-0.3, -0.25) is 4.79 Å². The maximum atomic E-state index is 12.0. The molecule has 2 unspecified atom stereocenters. The maximum Gasteiger partial charge on any atom is 0.331 e. The number of methoxy groups -OCH3 is 1. The van der Waals surface area contributed by atoms with E-state index in [1.807, 2.05) is 16.8 Å². The lowest BCUT2D eigenvalue weighted by Crippen LogP contribution is -2.56. The molecule has 0 aliphatic carbocycles. The van der Waals surface area contributed by atoms with E-state index in [-0.39, 0.29) is 18.4 Å². The van der Waals surface area contributed by atoms with Crippen LogP contribution >= 0.6 is 11.3 Å². The molecule has 1 amide bonds. The molecule has 2 atom stereocenters. The first kappa shape index (κ1) is 14.7. The monoisotopic (exact) mass is 271 g/mol. The summed E-state index contributed by atoms with van der Waals surface area (Å²) in [5, 5.41) is 15.4. The molecule has 2 N–H and O–H groups in total. The summed E-state index contributed by atoms with van der Waals surface area (Å²) >= 11 is 1.50. The number of carbonyl (C=O) groups excluding carboxylic acids is 1. The van der Waals surface area contributed by atoms with Crippen molar-refractivity contribution < 1.29 is 19.4 Å². The van der Waals surface area contributed by atoms with Gasteiger partial charge >= 0.3 is 5.97 Å². The second kappa shape index (κ2) is 5.97. The lowest BCUT2D eigenvalue weighted by Gasteiger charge is -2.26. The molecule has 100 valence electrons. The average Bonchev–Trinajstić information content (AvgIpc) is 2.81. The molecule has 18 heavy (non-hydrogen) atoms. The number of amides is 1. The van der Waals surface area contributed by atoms with Gasteiger partial charge in [0.15, 0.2) is 5.54 Å². The Labute approximate surface area is 110 Å². The zero-order chi connectivity index (χ0) is 13.8. The first-order valence-electron chi connectivity index (χ1n) is 5.47. The summed E-state index contributed by atoms with van der Waals surface area (Å²) in [4.78, 5) is 23.2. The summed E-state index contributed by atoms with van der Waals surface area (Å²) < 4.78 is 4.85. The van der Waals surface area contributed by atoms with Crippen molar-refractivity contribution in [3.63, 3.8) is 0 Å². The molecule has 0 aliphatic heterocycles. The highest BCUT2D eigenvalue weighted by molar-refractivity contribution is 7.08. The normalized spacial score (nSPS) is 15.7. The van der Waals surface area contributed by atoms with Gasteiger partial charge in [-0.05, 0) is 36.2 Å². The number of hydrogen-bond donors (Lipinski definition) is 2. The molecule has 0 aromatic carbocycles. The van der Waals surface area contributed by atoms with Crippen molar-refractivity contribution >= 4 is 23.2 Å². The minimum Gasteiger partial charge on any atom is -0.479 e. The molecule has 0 aliphatic rings. The highest BCUT2D eigenvalue weighted by atomic mass is 32.1. The van der Waals surface area contributed by atoms with Crippen LogP contribution < -0.4 is 5.32 Å². The van der Waals surface area contributed by atoms with Crippen LogP contribution in [0.3, 0.4) is 0 Å². The van der Waals surface area contributed by atoms with Crippen molar-refractivity contribution in [2.24, 2.45) is 0 Å². The van der Waals surface area contributed by atoms with Gasteiger partial charge in [0.05, 0.1) is 12.5 Å². The third-order valence-electron chi connectivity index (χ3n) is 2.74. The van der Waals surface area contributed by atoms with E-state index in [1.54, 1.807) is 6.92 Å². The molecule has 1 rings (SSSR count). The van der Waals surface area contributed by atoms with Crippen LogP contribution in [0.1, 0.15) is 25.3 Å². The summed E-state index contributed by atoms with van der Waals surface area (Å²) in [6.45, 7) is 3.09. The quantitative estimate of drug-likeness (QED) is 0.821. The van der Waals surface area contributed by atoms with Crippen LogP contribution in [0.15, 0.2) is 16.8 Å².